The number of esters is 1. The van der Waals surface area contributed by atoms with E-state index in [2.05, 4.69) is 0 Å². The number of anilines is 1. The van der Waals surface area contributed by atoms with Crippen LogP contribution in [0.2, 0.25) is 0 Å². The van der Waals surface area contributed by atoms with Crippen molar-refractivity contribution in [3.63, 3.8) is 0 Å². The smallest absolute Gasteiger partial charge is 0.319 e. The van der Waals surface area contributed by atoms with Gasteiger partial charge in [-0.05, 0) is 53.5 Å². The Balaban J connectivity index is 1.47. The highest BCUT2D eigenvalue weighted by molar-refractivity contribution is 6.25. The Bertz CT molecular complexity index is 1700. The lowest BCUT2D eigenvalue weighted by Crippen LogP contribution is -2.42. The molecule has 5 nitrogen and oxygen atoms in total. The Labute approximate surface area is 220 Å². The van der Waals surface area contributed by atoms with Crippen LogP contribution in [-0.2, 0) is 14.4 Å². The molecule has 0 radical (unpaired) electrons. The van der Waals surface area contributed by atoms with Crippen LogP contribution < -0.4 is 9.64 Å². The van der Waals surface area contributed by atoms with Gasteiger partial charge >= 0.3 is 5.97 Å². The zero-order valence-corrected chi connectivity index (χ0v) is 21.0. The van der Waals surface area contributed by atoms with Gasteiger partial charge in [0, 0.05) is 11.5 Å². The largest absolute Gasteiger partial charge is 0.425 e. The first-order chi connectivity index (χ1) is 18.4. The van der Waals surface area contributed by atoms with Crippen molar-refractivity contribution in [3.05, 3.63) is 113 Å². The van der Waals surface area contributed by atoms with Crippen LogP contribution in [0.15, 0.2) is 91.0 Å². The molecule has 3 aliphatic rings. The van der Waals surface area contributed by atoms with Gasteiger partial charge in [0.2, 0.25) is 11.8 Å². The van der Waals surface area contributed by atoms with E-state index in [4.69, 9.17) is 4.74 Å². The summed E-state index contributed by atoms with van der Waals surface area (Å²) < 4.78 is 5.86. The number of hydrogen-bond donors (Lipinski definition) is 0. The third-order valence-electron chi connectivity index (χ3n) is 8.26. The van der Waals surface area contributed by atoms with E-state index in [9.17, 15) is 14.4 Å². The highest BCUT2D eigenvalue weighted by Crippen LogP contribution is 2.55. The molecule has 4 atom stereocenters. The molecule has 0 aromatic heterocycles. The van der Waals surface area contributed by atoms with Crippen molar-refractivity contribution < 1.29 is 19.1 Å². The standard InChI is InChI=1S/C33H25NO4/c1-18-12-14-25(19(2)16-18)34-31(35)28-23(20-8-4-3-5-9-20)17-24-27-22-11-7-6-10-21(22)13-15-26(27)38-33(37)29(24)30(28)32(34)36/h3-17,23,28-30H,1-2H3/t23-,28-,29+,30-/m0/s1. The van der Waals surface area contributed by atoms with Gasteiger partial charge in [-0.3, -0.25) is 14.4 Å². The van der Waals surface area contributed by atoms with E-state index in [1.165, 1.54) is 4.90 Å². The van der Waals surface area contributed by atoms with E-state index in [-0.39, 0.29) is 17.7 Å². The van der Waals surface area contributed by atoms with E-state index >= 15 is 0 Å². The van der Waals surface area contributed by atoms with Crippen molar-refractivity contribution in [3.8, 4) is 5.75 Å². The molecule has 2 heterocycles. The maximum atomic E-state index is 14.2. The van der Waals surface area contributed by atoms with Gasteiger partial charge in [0.05, 0.1) is 23.4 Å². The lowest BCUT2D eigenvalue weighted by atomic mass is 9.64. The Kier molecular flexibility index (Phi) is 4.92. The van der Waals surface area contributed by atoms with Gasteiger partial charge in [-0.2, -0.15) is 0 Å². The molecule has 0 spiro atoms. The van der Waals surface area contributed by atoms with Crippen molar-refractivity contribution in [1.82, 2.24) is 0 Å². The van der Waals surface area contributed by atoms with Gasteiger partial charge in [-0.25, -0.2) is 4.90 Å². The highest BCUT2D eigenvalue weighted by atomic mass is 16.5. The monoisotopic (exact) mass is 499 g/mol. The van der Waals surface area contributed by atoms with Gasteiger partial charge in [-0.1, -0.05) is 84.4 Å². The SMILES string of the molecule is Cc1ccc(N2C(=O)[C@@H]3[C@@H]4C(=O)Oc5ccc6ccccc6c5C4=C[C@@H](c4ccccc4)[C@@H]3C2=O)c(C)c1. The van der Waals surface area contributed by atoms with Crippen LogP contribution in [0.4, 0.5) is 5.69 Å². The molecule has 0 N–H and O–H groups in total. The molecular weight excluding hydrogens is 474 g/mol. The van der Waals surface area contributed by atoms with Gasteiger partial charge in [0.15, 0.2) is 0 Å². The number of fused-ring (bicyclic) bond motifs is 7. The molecule has 38 heavy (non-hydrogen) atoms. The Hall–Kier alpha value is -4.51. The first kappa shape index (κ1) is 22.7. The summed E-state index contributed by atoms with van der Waals surface area (Å²) in [5, 5.41) is 1.98. The topological polar surface area (TPSA) is 63.7 Å². The van der Waals surface area contributed by atoms with Gasteiger partial charge in [0.25, 0.3) is 0 Å². The number of aryl methyl sites for hydroxylation is 2. The summed E-state index contributed by atoms with van der Waals surface area (Å²) in [4.78, 5) is 43.2. The maximum Gasteiger partial charge on any atom is 0.319 e. The molecule has 0 unspecified atom stereocenters. The minimum Gasteiger partial charge on any atom is -0.425 e. The van der Waals surface area contributed by atoms with Crippen molar-refractivity contribution in [1.29, 1.82) is 0 Å². The summed E-state index contributed by atoms with van der Waals surface area (Å²) in [5.74, 6) is -3.38. The Morgan fingerprint density at radius 2 is 1.50 bits per heavy atom. The molecular formula is C33H25NO4. The second-order valence-corrected chi connectivity index (χ2v) is 10.5. The zero-order chi connectivity index (χ0) is 26.1. The summed E-state index contributed by atoms with van der Waals surface area (Å²) in [7, 11) is 0. The average Bonchev–Trinajstić information content (AvgIpc) is 3.18. The third-order valence-corrected chi connectivity index (χ3v) is 8.26. The number of ether oxygens (including phenoxy) is 1. The molecule has 1 fully saturated rings. The molecule has 7 rings (SSSR count). The van der Waals surface area contributed by atoms with Crippen molar-refractivity contribution in [2.24, 2.45) is 17.8 Å². The van der Waals surface area contributed by atoms with Crippen molar-refractivity contribution in [2.75, 3.05) is 4.90 Å². The quantitative estimate of drug-likeness (QED) is 0.193. The minimum atomic E-state index is -0.856. The minimum absolute atomic E-state index is 0.271. The van der Waals surface area contributed by atoms with E-state index in [1.54, 1.807) is 0 Å². The van der Waals surface area contributed by atoms with Crippen LogP contribution in [0.3, 0.4) is 0 Å². The predicted molar refractivity (Wildman–Crippen MR) is 146 cm³/mol. The number of hydrogen-bond acceptors (Lipinski definition) is 4. The number of benzene rings is 4. The van der Waals surface area contributed by atoms with Gasteiger partial charge in [-0.15, -0.1) is 0 Å². The second kappa shape index (κ2) is 8.25. The van der Waals surface area contributed by atoms with Crippen LogP contribution in [0.1, 0.15) is 28.2 Å². The molecule has 2 amide bonds. The number of imide groups is 1. The van der Waals surface area contributed by atoms with Crippen LogP contribution in [-0.4, -0.2) is 17.8 Å². The third kappa shape index (κ3) is 3.14. The molecule has 4 aromatic carbocycles. The number of nitrogens with zero attached hydrogens (tertiary/aromatic N) is 1. The summed E-state index contributed by atoms with van der Waals surface area (Å²) in [6.07, 6.45) is 2.05. The Morgan fingerprint density at radius 3 is 2.29 bits per heavy atom. The molecule has 1 aliphatic carbocycles. The van der Waals surface area contributed by atoms with E-state index in [1.807, 2.05) is 105 Å². The Morgan fingerprint density at radius 1 is 0.763 bits per heavy atom. The van der Waals surface area contributed by atoms with Crippen LogP contribution >= 0.6 is 0 Å². The van der Waals surface area contributed by atoms with E-state index < -0.39 is 23.7 Å². The molecule has 1 saturated heterocycles. The number of allylic oxidation sites excluding steroid dienone is 1. The molecule has 186 valence electrons. The first-order valence-electron chi connectivity index (χ1n) is 12.9. The highest BCUT2D eigenvalue weighted by Gasteiger charge is 2.60. The predicted octanol–water partition coefficient (Wildman–Crippen LogP) is 5.98. The van der Waals surface area contributed by atoms with Crippen molar-refractivity contribution >= 4 is 39.8 Å². The van der Waals surface area contributed by atoms with E-state index in [0.29, 0.717) is 11.4 Å². The fourth-order valence-electron chi connectivity index (χ4n) is 6.63. The molecule has 5 heteroatoms. The molecule has 2 aliphatic heterocycles. The maximum absolute atomic E-state index is 14.2. The lowest BCUT2D eigenvalue weighted by molar-refractivity contribution is -0.142. The zero-order valence-electron chi connectivity index (χ0n) is 21.0. The van der Waals surface area contributed by atoms with Crippen molar-refractivity contribution in [2.45, 2.75) is 19.8 Å². The number of carbonyl (C=O) groups excluding carboxylic acids is 3. The average molecular weight is 500 g/mol. The van der Waals surface area contributed by atoms with Gasteiger partial charge in [0.1, 0.15) is 5.75 Å². The van der Waals surface area contributed by atoms with Gasteiger partial charge < -0.3 is 4.74 Å². The fourth-order valence-corrected chi connectivity index (χ4v) is 6.63. The van der Waals surface area contributed by atoms with E-state index in [0.717, 1.165) is 38.6 Å². The summed E-state index contributed by atoms with van der Waals surface area (Å²) >= 11 is 0. The normalized spacial score (nSPS) is 24.0. The fraction of sp³-hybridized carbons (Fsp3) is 0.182. The lowest BCUT2D eigenvalue weighted by Gasteiger charge is -2.38. The summed E-state index contributed by atoms with van der Waals surface area (Å²) in [5.41, 5.74) is 5.01. The number of amides is 2. The number of rotatable bonds is 2. The summed E-state index contributed by atoms with van der Waals surface area (Å²) in [6, 6.07) is 27.2. The second-order valence-electron chi connectivity index (χ2n) is 10.5. The molecule has 0 saturated carbocycles. The number of carbonyl (C=O) groups is 3. The summed E-state index contributed by atoms with van der Waals surface area (Å²) in [6.45, 7) is 3.88. The van der Waals surface area contributed by atoms with Crippen LogP contribution in [0.25, 0.3) is 16.3 Å². The molecule has 0 bridgehead atoms. The van der Waals surface area contributed by atoms with Crippen LogP contribution in [0, 0.1) is 31.6 Å². The van der Waals surface area contributed by atoms with Crippen LogP contribution in [0.5, 0.6) is 5.75 Å². The molecule has 4 aromatic rings. The first-order valence-corrected chi connectivity index (χ1v) is 12.9.